The first-order valence-electron chi connectivity index (χ1n) is 7.06. The van der Waals surface area contributed by atoms with Crippen LogP contribution in [0.4, 0.5) is 5.95 Å². The molecule has 1 aliphatic rings. The van der Waals surface area contributed by atoms with Gasteiger partial charge in [-0.3, -0.25) is 4.98 Å². The zero-order valence-electron chi connectivity index (χ0n) is 12.6. The van der Waals surface area contributed by atoms with Crippen molar-refractivity contribution >= 4 is 11.9 Å². The van der Waals surface area contributed by atoms with Crippen molar-refractivity contribution in [3.63, 3.8) is 0 Å². The molecule has 3 heterocycles. The Kier molecular flexibility index (Phi) is 3.62. The molecule has 3 rings (SSSR count). The minimum atomic E-state index is -0.381. The predicted octanol–water partition coefficient (Wildman–Crippen LogP) is 1.91. The number of aromatic nitrogens is 4. The van der Waals surface area contributed by atoms with Crippen LogP contribution >= 0.6 is 0 Å². The number of nitrogens with zero attached hydrogens (tertiary/aromatic N) is 4. The molecule has 0 unspecified atom stereocenters. The van der Waals surface area contributed by atoms with Gasteiger partial charge in [0.2, 0.25) is 5.95 Å². The van der Waals surface area contributed by atoms with Crippen LogP contribution in [0.3, 0.4) is 0 Å². The molecule has 2 aromatic rings. The Bertz CT molecular complexity index is 721. The fourth-order valence-corrected chi connectivity index (χ4v) is 2.49. The summed E-state index contributed by atoms with van der Waals surface area (Å²) in [5, 5.41) is 7.34. The van der Waals surface area contributed by atoms with Crippen LogP contribution in [0.1, 0.15) is 32.4 Å². The number of pyridine rings is 1. The molecular weight excluding hydrogens is 282 g/mol. The van der Waals surface area contributed by atoms with Crippen LogP contribution < -0.4 is 5.32 Å². The molecule has 22 heavy (non-hydrogen) atoms. The Balaban J connectivity index is 2.10. The van der Waals surface area contributed by atoms with Gasteiger partial charge >= 0.3 is 5.97 Å². The number of hydrogen-bond acceptors (Lipinski definition) is 6. The molecule has 0 radical (unpaired) electrons. The topological polar surface area (TPSA) is 81.9 Å². The molecule has 114 valence electrons. The number of hydrogen-bond donors (Lipinski definition) is 1. The van der Waals surface area contributed by atoms with Crippen molar-refractivity contribution in [2.24, 2.45) is 0 Å². The normalized spacial score (nSPS) is 17.2. The molecular formula is C15H17N5O2. The minimum Gasteiger partial charge on any atom is -0.459 e. The van der Waals surface area contributed by atoms with Crippen LogP contribution in [0, 0.1) is 0 Å². The number of anilines is 1. The molecule has 2 aromatic heterocycles. The lowest BCUT2D eigenvalue weighted by Gasteiger charge is -2.28. The monoisotopic (exact) mass is 299 g/mol. The molecule has 1 N–H and O–H groups in total. The molecule has 0 amide bonds. The van der Waals surface area contributed by atoms with Gasteiger partial charge < -0.3 is 10.1 Å². The highest BCUT2D eigenvalue weighted by Crippen LogP contribution is 2.34. The summed E-state index contributed by atoms with van der Waals surface area (Å²) in [6, 6.07) is 3.34. The Morgan fingerprint density at radius 3 is 2.77 bits per heavy atom. The van der Waals surface area contributed by atoms with E-state index in [1.165, 1.54) is 6.33 Å². The number of fused-ring (bicyclic) bond motifs is 1. The highest BCUT2D eigenvalue weighted by Gasteiger charge is 2.34. The quantitative estimate of drug-likeness (QED) is 0.872. The van der Waals surface area contributed by atoms with Crippen molar-refractivity contribution in [2.75, 3.05) is 5.32 Å². The zero-order chi connectivity index (χ0) is 15.7. The van der Waals surface area contributed by atoms with Crippen molar-refractivity contribution < 1.29 is 9.53 Å². The molecule has 0 aliphatic carbocycles. The molecule has 0 bridgehead atoms. The average molecular weight is 299 g/mol. The van der Waals surface area contributed by atoms with Crippen LogP contribution in [-0.2, 0) is 9.53 Å². The van der Waals surface area contributed by atoms with Gasteiger partial charge in [-0.25, -0.2) is 9.48 Å². The Labute approximate surface area is 128 Å². The van der Waals surface area contributed by atoms with E-state index in [0.717, 1.165) is 5.56 Å². The average Bonchev–Trinajstić information content (AvgIpc) is 2.93. The number of rotatable bonds is 3. The van der Waals surface area contributed by atoms with Crippen molar-refractivity contribution in [2.45, 2.75) is 32.9 Å². The van der Waals surface area contributed by atoms with Gasteiger partial charge in [-0.2, -0.15) is 10.1 Å². The summed E-state index contributed by atoms with van der Waals surface area (Å²) in [6.45, 7) is 5.49. The molecule has 0 aromatic carbocycles. The molecule has 0 saturated heterocycles. The van der Waals surface area contributed by atoms with E-state index in [4.69, 9.17) is 4.74 Å². The molecule has 7 nitrogen and oxygen atoms in total. The zero-order valence-corrected chi connectivity index (χ0v) is 12.6. The van der Waals surface area contributed by atoms with E-state index in [2.05, 4.69) is 20.4 Å². The molecule has 1 aliphatic heterocycles. The van der Waals surface area contributed by atoms with Crippen molar-refractivity contribution in [3.05, 3.63) is 47.7 Å². The second-order valence-electron chi connectivity index (χ2n) is 5.33. The van der Waals surface area contributed by atoms with E-state index in [1.54, 1.807) is 17.1 Å². The highest BCUT2D eigenvalue weighted by molar-refractivity contribution is 5.92. The number of nitrogens with one attached hydrogen (secondary N) is 1. The van der Waals surface area contributed by atoms with E-state index in [9.17, 15) is 4.79 Å². The summed E-state index contributed by atoms with van der Waals surface area (Å²) in [7, 11) is 0. The SMILES string of the molecule is CC1=C(C(=O)OC(C)C)[C@@H](c2ccncc2)n2ncnc2N1. The van der Waals surface area contributed by atoms with Gasteiger partial charge in [0.1, 0.15) is 12.4 Å². The van der Waals surface area contributed by atoms with E-state index in [-0.39, 0.29) is 18.1 Å². The first kappa shape index (κ1) is 14.2. The highest BCUT2D eigenvalue weighted by atomic mass is 16.5. The lowest BCUT2D eigenvalue weighted by Crippen LogP contribution is -2.30. The largest absolute Gasteiger partial charge is 0.459 e. The maximum absolute atomic E-state index is 12.5. The number of carbonyl (C=O) groups excluding carboxylic acids is 1. The molecule has 0 saturated carbocycles. The summed E-state index contributed by atoms with van der Waals surface area (Å²) < 4.78 is 7.07. The van der Waals surface area contributed by atoms with E-state index in [0.29, 0.717) is 17.2 Å². The van der Waals surface area contributed by atoms with Gasteiger partial charge in [-0.05, 0) is 38.5 Å². The lowest BCUT2D eigenvalue weighted by atomic mass is 9.96. The molecule has 0 fully saturated rings. The van der Waals surface area contributed by atoms with Crippen LogP contribution in [0.15, 0.2) is 42.1 Å². The molecule has 0 spiro atoms. The summed E-state index contributed by atoms with van der Waals surface area (Å²) in [4.78, 5) is 20.7. The third-order valence-corrected chi connectivity index (χ3v) is 3.38. The van der Waals surface area contributed by atoms with Gasteiger partial charge in [0.05, 0.1) is 11.7 Å². The summed E-state index contributed by atoms with van der Waals surface area (Å²) in [5.74, 6) is 0.239. The second-order valence-corrected chi connectivity index (χ2v) is 5.33. The van der Waals surface area contributed by atoms with Crippen molar-refractivity contribution in [1.82, 2.24) is 19.7 Å². The Morgan fingerprint density at radius 1 is 1.36 bits per heavy atom. The van der Waals surface area contributed by atoms with E-state index < -0.39 is 0 Å². The number of allylic oxidation sites excluding steroid dienone is 1. The van der Waals surface area contributed by atoms with Gasteiger partial charge in [0.25, 0.3) is 0 Å². The minimum absolute atomic E-state index is 0.192. The van der Waals surface area contributed by atoms with E-state index >= 15 is 0 Å². The van der Waals surface area contributed by atoms with Crippen LogP contribution in [0.25, 0.3) is 0 Å². The van der Waals surface area contributed by atoms with Gasteiger partial charge in [-0.15, -0.1) is 0 Å². The number of carbonyl (C=O) groups is 1. The maximum atomic E-state index is 12.5. The van der Waals surface area contributed by atoms with Gasteiger partial charge in [-0.1, -0.05) is 0 Å². The van der Waals surface area contributed by atoms with Crippen molar-refractivity contribution in [1.29, 1.82) is 0 Å². The van der Waals surface area contributed by atoms with Crippen LogP contribution in [0.5, 0.6) is 0 Å². The second kappa shape index (κ2) is 5.59. The fourth-order valence-electron chi connectivity index (χ4n) is 2.49. The summed E-state index contributed by atoms with van der Waals surface area (Å²) in [5.41, 5.74) is 2.14. The van der Waals surface area contributed by atoms with Crippen LogP contribution in [-0.4, -0.2) is 31.8 Å². The Hall–Kier alpha value is -2.70. The molecule has 1 atom stereocenters. The van der Waals surface area contributed by atoms with Gasteiger partial charge in [0.15, 0.2) is 0 Å². The first-order chi connectivity index (χ1) is 10.6. The third kappa shape index (κ3) is 2.45. The third-order valence-electron chi connectivity index (χ3n) is 3.38. The fraction of sp³-hybridized carbons (Fsp3) is 0.333. The first-order valence-corrected chi connectivity index (χ1v) is 7.06. The summed E-state index contributed by atoms with van der Waals surface area (Å²) >= 11 is 0. The van der Waals surface area contributed by atoms with Crippen LogP contribution in [0.2, 0.25) is 0 Å². The van der Waals surface area contributed by atoms with E-state index in [1.807, 2.05) is 32.9 Å². The lowest BCUT2D eigenvalue weighted by molar-refractivity contribution is -0.143. The molecule has 7 heteroatoms. The standard InChI is InChI=1S/C15H17N5O2/c1-9(2)22-14(21)12-10(3)19-15-17-8-18-20(15)13(12)11-4-6-16-7-5-11/h4-9,13H,1-3H3,(H,17,18,19)/t13-/m1/s1. The summed E-state index contributed by atoms with van der Waals surface area (Å²) in [6.07, 6.45) is 4.65. The predicted molar refractivity (Wildman–Crippen MR) is 79.9 cm³/mol. The van der Waals surface area contributed by atoms with Crippen molar-refractivity contribution in [3.8, 4) is 0 Å². The number of ether oxygens (including phenoxy) is 1. The Morgan fingerprint density at radius 2 is 2.09 bits per heavy atom. The smallest absolute Gasteiger partial charge is 0.338 e. The van der Waals surface area contributed by atoms with Gasteiger partial charge in [0, 0.05) is 18.1 Å². The number of esters is 1. The maximum Gasteiger partial charge on any atom is 0.338 e.